The number of ether oxygens (including phenoxy) is 1. The minimum Gasteiger partial charge on any atom is -0.469 e. The van der Waals surface area contributed by atoms with E-state index in [0.717, 1.165) is 22.2 Å². The van der Waals surface area contributed by atoms with E-state index in [1.54, 1.807) is 0 Å². The summed E-state index contributed by atoms with van der Waals surface area (Å²) in [6, 6.07) is 7.96. The molecule has 1 N–H and O–H groups in total. The molecule has 3 heteroatoms. The van der Waals surface area contributed by atoms with Gasteiger partial charge in [0, 0.05) is 16.6 Å². The number of allylic oxidation sites excluding steroid dienone is 1. The molecule has 0 bridgehead atoms. The highest BCUT2D eigenvalue weighted by Crippen LogP contribution is 2.24. The molecular formula is C14H15NO2. The zero-order valence-corrected chi connectivity index (χ0v) is 9.99. The van der Waals surface area contributed by atoms with Crippen molar-refractivity contribution < 1.29 is 9.53 Å². The fraction of sp³-hybridized carbons (Fsp3) is 0.214. The number of aromatic nitrogens is 1. The van der Waals surface area contributed by atoms with Gasteiger partial charge in [0.2, 0.25) is 0 Å². The number of rotatable bonds is 3. The number of esters is 1. The third kappa shape index (κ3) is 2.23. The fourth-order valence-electron chi connectivity index (χ4n) is 1.94. The van der Waals surface area contributed by atoms with Gasteiger partial charge in [-0.3, -0.25) is 4.79 Å². The summed E-state index contributed by atoms with van der Waals surface area (Å²) in [6.07, 6.45) is 4.21. The van der Waals surface area contributed by atoms with Crippen LogP contribution in [-0.4, -0.2) is 18.1 Å². The molecule has 0 aliphatic heterocycles. The first-order valence-electron chi connectivity index (χ1n) is 5.55. The standard InChI is InChI=1S/C14H15NO2/c1-3-6-12-11(9-14(16)17-2)10-7-4-5-8-13(10)15-12/h3-8,15H,9H2,1-2H3/b6-3+. The van der Waals surface area contributed by atoms with Gasteiger partial charge in [0.25, 0.3) is 0 Å². The molecule has 2 rings (SSSR count). The van der Waals surface area contributed by atoms with Crippen LogP contribution in [0.5, 0.6) is 0 Å². The highest BCUT2D eigenvalue weighted by molar-refractivity contribution is 5.90. The summed E-state index contributed by atoms with van der Waals surface area (Å²) >= 11 is 0. The van der Waals surface area contributed by atoms with Gasteiger partial charge in [-0.05, 0) is 24.6 Å². The predicted molar refractivity (Wildman–Crippen MR) is 68.7 cm³/mol. The number of para-hydroxylation sites is 1. The van der Waals surface area contributed by atoms with E-state index in [1.165, 1.54) is 7.11 Å². The fourth-order valence-corrected chi connectivity index (χ4v) is 1.94. The quantitative estimate of drug-likeness (QED) is 0.822. The minimum absolute atomic E-state index is 0.222. The highest BCUT2D eigenvalue weighted by atomic mass is 16.5. The smallest absolute Gasteiger partial charge is 0.310 e. The third-order valence-corrected chi connectivity index (χ3v) is 2.73. The van der Waals surface area contributed by atoms with Crippen molar-refractivity contribution >= 4 is 22.9 Å². The number of methoxy groups -OCH3 is 1. The molecule has 0 atom stereocenters. The van der Waals surface area contributed by atoms with E-state index in [-0.39, 0.29) is 5.97 Å². The maximum absolute atomic E-state index is 11.4. The third-order valence-electron chi connectivity index (χ3n) is 2.73. The van der Waals surface area contributed by atoms with Crippen molar-refractivity contribution in [1.82, 2.24) is 4.98 Å². The minimum atomic E-state index is -0.222. The Morgan fingerprint density at radius 1 is 1.41 bits per heavy atom. The van der Waals surface area contributed by atoms with Crippen LogP contribution in [0.25, 0.3) is 17.0 Å². The summed E-state index contributed by atoms with van der Waals surface area (Å²) in [5.74, 6) is -0.222. The van der Waals surface area contributed by atoms with Crippen molar-refractivity contribution in [2.24, 2.45) is 0 Å². The van der Waals surface area contributed by atoms with Crippen molar-refractivity contribution in [1.29, 1.82) is 0 Å². The number of carbonyl (C=O) groups is 1. The first kappa shape index (κ1) is 11.5. The molecule has 88 valence electrons. The van der Waals surface area contributed by atoms with Gasteiger partial charge in [-0.1, -0.05) is 24.3 Å². The number of hydrogen-bond acceptors (Lipinski definition) is 2. The highest BCUT2D eigenvalue weighted by Gasteiger charge is 2.12. The number of benzene rings is 1. The van der Waals surface area contributed by atoms with Crippen LogP contribution in [0.4, 0.5) is 0 Å². The number of hydrogen-bond donors (Lipinski definition) is 1. The lowest BCUT2D eigenvalue weighted by Gasteiger charge is -2.00. The Bertz CT molecular complexity index is 567. The molecule has 0 spiro atoms. The SMILES string of the molecule is C/C=C/c1[nH]c2ccccc2c1CC(=O)OC. The Morgan fingerprint density at radius 2 is 2.18 bits per heavy atom. The molecule has 1 aromatic carbocycles. The second-order valence-electron chi connectivity index (χ2n) is 3.82. The number of nitrogens with one attached hydrogen (secondary N) is 1. The first-order valence-corrected chi connectivity index (χ1v) is 5.55. The summed E-state index contributed by atoms with van der Waals surface area (Å²) in [5.41, 5.74) is 3.00. The molecule has 1 heterocycles. The van der Waals surface area contributed by atoms with Crippen LogP contribution in [0.1, 0.15) is 18.2 Å². The largest absolute Gasteiger partial charge is 0.469 e. The van der Waals surface area contributed by atoms with E-state index in [0.29, 0.717) is 6.42 Å². The summed E-state index contributed by atoms with van der Waals surface area (Å²) in [5, 5.41) is 1.08. The van der Waals surface area contributed by atoms with Crippen molar-refractivity contribution in [2.45, 2.75) is 13.3 Å². The van der Waals surface area contributed by atoms with Crippen LogP contribution < -0.4 is 0 Å². The Morgan fingerprint density at radius 3 is 2.88 bits per heavy atom. The van der Waals surface area contributed by atoms with E-state index >= 15 is 0 Å². The normalized spacial score (nSPS) is 11.2. The van der Waals surface area contributed by atoms with Crippen molar-refractivity contribution in [3.05, 3.63) is 41.6 Å². The van der Waals surface area contributed by atoms with Crippen LogP contribution in [0, 0.1) is 0 Å². The maximum atomic E-state index is 11.4. The van der Waals surface area contributed by atoms with Gasteiger partial charge in [0.05, 0.1) is 13.5 Å². The zero-order chi connectivity index (χ0) is 12.3. The van der Waals surface area contributed by atoms with E-state index < -0.39 is 0 Å². The number of carbonyl (C=O) groups excluding carboxylic acids is 1. The topological polar surface area (TPSA) is 42.1 Å². The molecule has 1 aromatic heterocycles. The molecule has 17 heavy (non-hydrogen) atoms. The second kappa shape index (κ2) is 4.87. The predicted octanol–water partition coefficient (Wildman–Crippen LogP) is 2.92. The Kier molecular flexibility index (Phi) is 3.28. The first-order chi connectivity index (χ1) is 8.26. The van der Waals surface area contributed by atoms with Gasteiger partial charge >= 0.3 is 5.97 Å². The summed E-state index contributed by atoms with van der Waals surface area (Å²) < 4.78 is 4.73. The molecule has 0 unspecified atom stereocenters. The summed E-state index contributed by atoms with van der Waals surface area (Å²) in [4.78, 5) is 14.7. The van der Waals surface area contributed by atoms with E-state index in [4.69, 9.17) is 4.74 Å². The monoisotopic (exact) mass is 229 g/mol. The molecule has 0 aliphatic rings. The van der Waals surface area contributed by atoms with Crippen LogP contribution in [0.15, 0.2) is 30.3 Å². The van der Waals surface area contributed by atoms with Gasteiger partial charge < -0.3 is 9.72 Å². The molecule has 3 nitrogen and oxygen atoms in total. The second-order valence-corrected chi connectivity index (χ2v) is 3.82. The Hall–Kier alpha value is -2.03. The van der Waals surface area contributed by atoms with Crippen LogP contribution >= 0.6 is 0 Å². The van der Waals surface area contributed by atoms with E-state index in [2.05, 4.69) is 4.98 Å². The molecule has 0 fully saturated rings. The maximum Gasteiger partial charge on any atom is 0.310 e. The van der Waals surface area contributed by atoms with Crippen molar-refractivity contribution in [3.63, 3.8) is 0 Å². The van der Waals surface area contributed by atoms with Gasteiger partial charge in [0.15, 0.2) is 0 Å². The number of H-pyrrole nitrogens is 1. The lowest BCUT2D eigenvalue weighted by atomic mass is 10.1. The average molecular weight is 229 g/mol. The van der Waals surface area contributed by atoms with Gasteiger partial charge in [-0.25, -0.2) is 0 Å². The van der Waals surface area contributed by atoms with Gasteiger partial charge in [-0.15, -0.1) is 0 Å². The van der Waals surface area contributed by atoms with Crippen LogP contribution in [-0.2, 0) is 16.0 Å². The number of fused-ring (bicyclic) bond motifs is 1. The Labute approximate surface area is 100 Å². The Balaban J connectivity index is 2.55. The zero-order valence-electron chi connectivity index (χ0n) is 9.99. The number of aromatic amines is 1. The summed E-state index contributed by atoms with van der Waals surface area (Å²) in [6.45, 7) is 1.95. The molecule has 2 aromatic rings. The van der Waals surface area contributed by atoms with Crippen LogP contribution in [0.3, 0.4) is 0 Å². The van der Waals surface area contributed by atoms with Gasteiger partial charge in [0.1, 0.15) is 0 Å². The molecule has 0 amide bonds. The van der Waals surface area contributed by atoms with Gasteiger partial charge in [-0.2, -0.15) is 0 Å². The molecule has 0 aliphatic carbocycles. The molecule has 0 saturated heterocycles. The van der Waals surface area contributed by atoms with Crippen molar-refractivity contribution in [2.75, 3.05) is 7.11 Å². The lowest BCUT2D eigenvalue weighted by Crippen LogP contribution is -2.05. The van der Waals surface area contributed by atoms with Crippen LogP contribution in [0.2, 0.25) is 0 Å². The van der Waals surface area contributed by atoms with E-state index in [1.807, 2.05) is 43.3 Å². The molecular weight excluding hydrogens is 214 g/mol. The average Bonchev–Trinajstić information content (AvgIpc) is 2.68. The molecule has 0 saturated carbocycles. The lowest BCUT2D eigenvalue weighted by molar-refractivity contribution is -0.139. The van der Waals surface area contributed by atoms with E-state index in [9.17, 15) is 4.79 Å². The molecule has 0 radical (unpaired) electrons. The summed E-state index contributed by atoms with van der Waals surface area (Å²) in [7, 11) is 1.41. The van der Waals surface area contributed by atoms with Crippen molar-refractivity contribution in [3.8, 4) is 0 Å².